The van der Waals surface area contributed by atoms with E-state index in [4.69, 9.17) is 14.6 Å². The number of benzene rings is 4. The molecule has 1 aliphatic rings. The van der Waals surface area contributed by atoms with Crippen LogP contribution in [0.2, 0.25) is 0 Å². The second kappa shape index (κ2) is 11.4. The maximum absolute atomic E-state index is 12.3. The van der Waals surface area contributed by atoms with E-state index in [9.17, 15) is 4.79 Å². The average Bonchev–Trinajstić information content (AvgIpc) is 3.47. The first kappa shape index (κ1) is 27.1. The molecule has 0 saturated carbocycles. The molecule has 1 aromatic heterocycles. The summed E-state index contributed by atoms with van der Waals surface area (Å²) in [5, 5.41) is 7.08. The number of carbonyl (C=O) groups is 1. The Bertz CT molecular complexity index is 1800. The minimum Gasteiger partial charge on any atom is -0.491 e. The zero-order valence-corrected chi connectivity index (χ0v) is 24.1. The summed E-state index contributed by atoms with van der Waals surface area (Å²) >= 11 is 0. The molecule has 0 aliphatic carbocycles. The smallest absolute Gasteiger partial charge is 0.337 e. The van der Waals surface area contributed by atoms with Gasteiger partial charge in [-0.05, 0) is 91.1 Å². The van der Waals surface area contributed by atoms with Crippen LogP contribution in [0.5, 0.6) is 5.75 Å². The average molecular weight is 557 g/mol. The molecule has 6 rings (SSSR count). The molecule has 0 radical (unpaired) electrons. The molecule has 0 spiro atoms. The minimum absolute atomic E-state index is 0.0878. The summed E-state index contributed by atoms with van der Waals surface area (Å²) in [4.78, 5) is 21.2. The SMILES string of the molecule is COC(=O)c1cccc(N2N=C(c3ccc(-c4ccc(OC(C)C)c(C)c4)cc3)CC2c2ccc3nccnc3c2)c1. The molecule has 42 heavy (non-hydrogen) atoms. The van der Waals surface area contributed by atoms with Gasteiger partial charge in [0.1, 0.15) is 5.75 Å². The van der Waals surface area contributed by atoms with Crippen molar-refractivity contribution >= 4 is 28.4 Å². The number of esters is 1. The number of methoxy groups -OCH3 is 1. The number of hydrazone groups is 1. The Morgan fingerprint density at radius 1 is 0.857 bits per heavy atom. The number of carbonyl (C=O) groups excluding carboxylic acids is 1. The number of rotatable bonds is 7. The number of fused-ring (bicyclic) bond motifs is 1. The summed E-state index contributed by atoms with van der Waals surface area (Å²) in [6.45, 7) is 6.14. The van der Waals surface area contributed by atoms with E-state index in [0.29, 0.717) is 12.0 Å². The molecule has 0 fully saturated rings. The van der Waals surface area contributed by atoms with Crippen molar-refractivity contribution in [2.75, 3.05) is 12.1 Å². The van der Waals surface area contributed by atoms with Gasteiger partial charge in [-0.1, -0.05) is 42.5 Å². The summed E-state index contributed by atoms with van der Waals surface area (Å²) in [6.07, 6.45) is 4.22. The molecule has 0 N–H and O–H groups in total. The fourth-order valence-electron chi connectivity index (χ4n) is 5.33. The quantitative estimate of drug-likeness (QED) is 0.193. The standard InChI is InChI=1S/C35H32N4O3/c1-22(2)42-34-15-13-26(18-23(34)3)24-8-10-25(11-9-24)31-21-33(27-12-14-30-32(20-27)37-17-16-36-30)39(38-31)29-7-5-6-28(19-29)35(40)41-4/h5-20,22,33H,21H2,1-4H3. The summed E-state index contributed by atoms with van der Waals surface area (Å²) in [5.74, 6) is 0.528. The van der Waals surface area contributed by atoms with E-state index in [1.54, 1.807) is 18.5 Å². The summed E-state index contributed by atoms with van der Waals surface area (Å²) in [6, 6.07) is 28.3. The zero-order valence-electron chi connectivity index (χ0n) is 24.1. The van der Waals surface area contributed by atoms with Crippen LogP contribution in [0.4, 0.5) is 5.69 Å². The van der Waals surface area contributed by atoms with Gasteiger partial charge in [-0.25, -0.2) is 4.79 Å². The number of ether oxygens (including phenoxy) is 2. The number of nitrogens with zero attached hydrogens (tertiary/aromatic N) is 4. The molecule has 7 nitrogen and oxygen atoms in total. The van der Waals surface area contributed by atoms with Crippen molar-refractivity contribution in [2.45, 2.75) is 39.3 Å². The van der Waals surface area contributed by atoms with Crippen molar-refractivity contribution in [2.24, 2.45) is 5.10 Å². The number of hydrogen-bond acceptors (Lipinski definition) is 7. The third-order valence-electron chi connectivity index (χ3n) is 7.41. The number of anilines is 1. The highest BCUT2D eigenvalue weighted by molar-refractivity contribution is 6.04. The summed E-state index contributed by atoms with van der Waals surface area (Å²) < 4.78 is 10.9. The van der Waals surface area contributed by atoms with Crippen LogP contribution in [0.25, 0.3) is 22.2 Å². The number of hydrogen-bond donors (Lipinski definition) is 0. The molecule has 0 amide bonds. The van der Waals surface area contributed by atoms with Crippen LogP contribution >= 0.6 is 0 Å². The zero-order chi connectivity index (χ0) is 29.2. The van der Waals surface area contributed by atoms with Gasteiger partial charge in [0.25, 0.3) is 0 Å². The minimum atomic E-state index is -0.382. The maximum Gasteiger partial charge on any atom is 0.337 e. The van der Waals surface area contributed by atoms with Gasteiger partial charge < -0.3 is 9.47 Å². The molecule has 1 atom stereocenters. The predicted octanol–water partition coefficient (Wildman–Crippen LogP) is 7.53. The molecule has 0 bridgehead atoms. The van der Waals surface area contributed by atoms with E-state index in [1.807, 2.05) is 49.2 Å². The Labute approximate surface area is 245 Å². The second-order valence-corrected chi connectivity index (χ2v) is 10.7. The Balaban J connectivity index is 1.34. The fourth-order valence-corrected chi connectivity index (χ4v) is 5.33. The lowest BCUT2D eigenvalue weighted by molar-refractivity contribution is 0.0600. The molecular formula is C35H32N4O3. The largest absolute Gasteiger partial charge is 0.491 e. The Morgan fingerprint density at radius 3 is 2.33 bits per heavy atom. The summed E-state index contributed by atoms with van der Waals surface area (Å²) in [7, 11) is 1.39. The molecule has 0 saturated heterocycles. The fraction of sp³-hybridized carbons (Fsp3) is 0.200. The normalized spacial score (nSPS) is 14.7. The molecule has 7 heteroatoms. The van der Waals surface area contributed by atoms with Gasteiger partial charge in [-0.3, -0.25) is 15.0 Å². The van der Waals surface area contributed by atoms with Gasteiger partial charge in [-0.15, -0.1) is 0 Å². The van der Waals surface area contributed by atoms with Crippen molar-refractivity contribution in [1.82, 2.24) is 9.97 Å². The van der Waals surface area contributed by atoms with E-state index < -0.39 is 0 Å². The van der Waals surface area contributed by atoms with Crippen molar-refractivity contribution < 1.29 is 14.3 Å². The van der Waals surface area contributed by atoms with Gasteiger partial charge in [-0.2, -0.15) is 5.10 Å². The van der Waals surface area contributed by atoms with Gasteiger partial charge in [0.15, 0.2) is 0 Å². The van der Waals surface area contributed by atoms with Crippen LogP contribution in [0, 0.1) is 6.92 Å². The van der Waals surface area contributed by atoms with Crippen LogP contribution in [0.3, 0.4) is 0 Å². The third kappa shape index (κ3) is 5.46. The number of aromatic nitrogens is 2. The highest BCUT2D eigenvalue weighted by Gasteiger charge is 2.30. The second-order valence-electron chi connectivity index (χ2n) is 10.7. The van der Waals surface area contributed by atoms with Crippen molar-refractivity contribution in [3.8, 4) is 16.9 Å². The van der Waals surface area contributed by atoms with E-state index in [0.717, 1.165) is 56.0 Å². The predicted molar refractivity (Wildman–Crippen MR) is 166 cm³/mol. The van der Waals surface area contributed by atoms with E-state index in [-0.39, 0.29) is 18.1 Å². The third-order valence-corrected chi connectivity index (χ3v) is 7.41. The first-order valence-electron chi connectivity index (χ1n) is 14.0. The molecule has 1 aliphatic heterocycles. The van der Waals surface area contributed by atoms with E-state index in [2.05, 4.69) is 65.4 Å². The Hall–Kier alpha value is -5.04. The van der Waals surface area contributed by atoms with Crippen LogP contribution in [-0.4, -0.2) is 34.9 Å². The van der Waals surface area contributed by atoms with Crippen LogP contribution < -0.4 is 9.75 Å². The van der Waals surface area contributed by atoms with Gasteiger partial charge >= 0.3 is 5.97 Å². The lowest BCUT2D eigenvalue weighted by Gasteiger charge is -2.24. The molecular weight excluding hydrogens is 524 g/mol. The Morgan fingerprint density at radius 2 is 1.60 bits per heavy atom. The first-order chi connectivity index (χ1) is 20.4. The lowest BCUT2D eigenvalue weighted by Crippen LogP contribution is -2.19. The molecule has 210 valence electrons. The Kier molecular flexibility index (Phi) is 7.40. The van der Waals surface area contributed by atoms with Crippen molar-refractivity contribution in [3.63, 3.8) is 0 Å². The molecule has 2 heterocycles. The molecule has 5 aromatic rings. The first-order valence-corrected chi connectivity index (χ1v) is 14.0. The van der Waals surface area contributed by atoms with Gasteiger partial charge in [0, 0.05) is 18.8 Å². The van der Waals surface area contributed by atoms with E-state index in [1.165, 1.54) is 7.11 Å². The maximum atomic E-state index is 12.3. The van der Waals surface area contributed by atoms with Crippen LogP contribution in [0.15, 0.2) is 102 Å². The molecule has 1 unspecified atom stereocenters. The topological polar surface area (TPSA) is 76.9 Å². The van der Waals surface area contributed by atoms with Crippen molar-refractivity contribution in [3.05, 3.63) is 120 Å². The number of aryl methyl sites for hydroxylation is 1. The van der Waals surface area contributed by atoms with Crippen LogP contribution in [-0.2, 0) is 4.74 Å². The lowest BCUT2D eigenvalue weighted by atomic mass is 9.96. The molecule has 4 aromatic carbocycles. The van der Waals surface area contributed by atoms with Crippen LogP contribution in [0.1, 0.15) is 53.4 Å². The van der Waals surface area contributed by atoms with E-state index >= 15 is 0 Å². The van der Waals surface area contributed by atoms with Gasteiger partial charge in [0.2, 0.25) is 0 Å². The summed E-state index contributed by atoms with van der Waals surface area (Å²) in [5.41, 5.74) is 9.42. The monoisotopic (exact) mass is 556 g/mol. The highest BCUT2D eigenvalue weighted by Crippen LogP contribution is 2.38. The van der Waals surface area contributed by atoms with Gasteiger partial charge in [0.05, 0.1) is 47.3 Å². The van der Waals surface area contributed by atoms with Crippen molar-refractivity contribution in [1.29, 1.82) is 0 Å². The highest BCUT2D eigenvalue weighted by atomic mass is 16.5.